The Balaban J connectivity index is 0.00000480. The van der Waals surface area contributed by atoms with Gasteiger partial charge in [0.2, 0.25) is 0 Å². The maximum Gasteiger partial charge on any atom is 0.410 e. The van der Waals surface area contributed by atoms with Crippen molar-refractivity contribution in [3.05, 3.63) is 35.4 Å². The van der Waals surface area contributed by atoms with Gasteiger partial charge in [-0.3, -0.25) is 4.79 Å². The highest BCUT2D eigenvalue weighted by molar-refractivity contribution is 14.0. The molecule has 0 radical (unpaired) electrons. The summed E-state index contributed by atoms with van der Waals surface area (Å²) in [6.45, 7) is 13.7. The van der Waals surface area contributed by atoms with Crippen molar-refractivity contribution in [3.8, 4) is 0 Å². The third-order valence-electron chi connectivity index (χ3n) is 4.93. The van der Waals surface area contributed by atoms with Gasteiger partial charge in [-0.05, 0) is 52.3 Å². The standard InChI is InChI=1S/C22H35N5O3.HI/c1-6-25(7-2)19(28)18-10-8-17(9-11-18)16-24-20(23)26-12-14-27(15-13-26)21(29)30-22(3,4)5;/h8-11H,6-7,12-16H2,1-5H3,(H2,23,24);1H. The SMILES string of the molecule is CCN(CC)C(=O)c1ccc(CN=C(N)N2CCN(C(=O)OC(C)(C)C)CC2)cc1.I. The molecule has 1 heterocycles. The molecule has 1 saturated heterocycles. The monoisotopic (exact) mass is 545 g/mol. The summed E-state index contributed by atoms with van der Waals surface area (Å²) in [5.74, 6) is 0.500. The number of carbonyl (C=O) groups excluding carboxylic acids is 2. The average molecular weight is 545 g/mol. The van der Waals surface area contributed by atoms with Crippen LogP contribution < -0.4 is 5.73 Å². The molecule has 1 aromatic rings. The summed E-state index contributed by atoms with van der Waals surface area (Å²) in [5, 5.41) is 0. The van der Waals surface area contributed by atoms with Crippen LogP contribution in [0.15, 0.2) is 29.3 Å². The molecule has 1 fully saturated rings. The molecule has 0 atom stereocenters. The Labute approximate surface area is 202 Å². The van der Waals surface area contributed by atoms with E-state index in [1.165, 1.54) is 0 Å². The third-order valence-corrected chi connectivity index (χ3v) is 4.93. The quantitative estimate of drug-likeness (QED) is 0.349. The van der Waals surface area contributed by atoms with Gasteiger partial charge in [-0.15, -0.1) is 24.0 Å². The molecule has 9 heteroatoms. The number of ether oxygens (including phenoxy) is 1. The fourth-order valence-electron chi connectivity index (χ4n) is 3.16. The predicted molar refractivity (Wildman–Crippen MR) is 134 cm³/mol. The number of rotatable bonds is 5. The lowest BCUT2D eigenvalue weighted by molar-refractivity contribution is 0.0186. The smallest absolute Gasteiger partial charge is 0.410 e. The van der Waals surface area contributed by atoms with Crippen molar-refractivity contribution >= 4 is 41.9 Å². The zero-order chi connectivity index (χ0) is 22.3. The van der Waals surface area contributed by atoms with Gasteiger partial charge in [0, 0.05) is 44.8 Å². The Hall–Kier alpha value is -2.04. The van der Waals surface area contributed by atoms with E-state index in [1.807, 2.05) is 63.8 Å². The first-order valence-corrected chi connectivity index (χ1v) is 10.6. The van der Waals surface area contributed by atoms with Crippen molar-refractivity contribution in [2.45, 2.75) is 46.8 Å². The molecule has 8 nitrogen and oxygen atoms in total. The maximum absolute atomic E-state index is 12.4. The molecule has 0 bridgehead atoms. The molecule has 0 saturated carbocycles. The molecule has 1 aliphatic rings. The molecule has 2 rings (SSSR count). The van der Waals surface area contributed by atoms with E-state index in [0.717, 1.165) is 5.56 Å². The van der Waals surface area contributed by atoms with Crippen LogP contribution in [0.5, 0.6) is 0 Å². The van der Waals surface area contributed by atoms with Gasteiger partial charge in [0.05, 0.1) is 6.54 Å². The summed E-state index contributed by atoms with van der Waals surface area (Å²) < 4.78 is 5.41. The van der Waals surface area contributed by atoms with Gasteiger partial charge in [-0.1, -0.05) is 12.1 Å². The van der Waals surface area contributed by atoms with E-state index in [2.05, 4.69) is 4.99 Å². The first kappa shape index (κ1) is 27.0. The number of nitrogens with zero attached hydrogens (tertiary/aromatic N) is 4. The second-order valence-corrected chi connectivity index (χ2v) is 8.30. The van der Waals surface area contributed by atoms with E-state index in [4.69, 9.17) is 10.5 Å². The number of benzene rings is 1. The molecule has 174 valence electrons. The van der Waals surface area contributed by atoms with Crippen molar-refractivity contribution in [2.75, 3.05) is 39.3 Å². The van der Waals surface area contributed by atoms with Crippen LogP contribution in [0.4, 0.5) is 4.79 Å². The normalized spacial score (nSPS) is 14.7. The Morgan fingerprint density at radius 3 is 2.03 bits per heavy atom. The lowest BCUT2D eigenvalue weighted by Gasteiger charge is -2.36. The van der Waals surface area contributed by atoms with Gasteiger partial charge in [0.25, 0.3) is 5.91 Å². The second-order valence-electron chi connectivity index (χ2n) is 8.30. The van der Waals surface area contributed by atoms with Gasteiger partial charge in [0.1, 0.15) is 5.60 Å². The van der Waals surface area contributed by atoms with Crippen LogP contribution in [-0.4, -0.2) is 77.5 Å². The number of aliphatic imine (C=N–C) groups is 1. The molecule has 31 heavy (non-hydrogen) atoms. The molecule has 0 aromatic heterocycles. The van der Waals surface area contributed by atoms with Crippen molar-refractivity contribution in [3.63, 3.8) is 0 Å². The number of carbonyl (C=O) groups is 2. The molecule has 0 unspecified atom stereocenters. The van der Waals surface area contributed by atoms with Gasteiger partial charge in [-0.25, -0.2) is 9.79 Å². The number of halogens is 1. The number of nitrogens with two attached hydrogens (primary N) is 1. The summed E-state index contributed by atoms with van der Waals surface area (Å²) in [6, 6.07) is 7.49. The van der Waals surface area contributed by atoms with Crippen molar-refractivity contribution in [1.82, 2.24) is 14.7 Å². The highest BCUT2D eigenvalue weighted by Gasteiger charge is 2.26. The van der Waals surface area contributed by atoms with Crippen LogP contribution in [-0.2, 0) is 11.3 Å². The Bertz CT molecular complexity index is 749. The number of guanidine groups is 1. The highest BCUT2D eigenvalue weighted by atomic mass is 127. The Morgan fingerprint density at radius 1 is 1.03 bits per heavy atom. The Morgan fingerprint density at radius 2 is 1.55 bits per heavy atom. The van der Waals surface area contributed by atoms with E-state index < -0.39 is 5.60 Å². The van der Waals surface area contributed by atoms with E-state index in [0.29, 0.717) is 57.3 Å². The summed E-state index contributed by atoms with van der Waals surface area (Å²) in [5.41, 5.74) is 7.32. The first-order valence-electron chi connectivity index (χ1n) is 10.6. The number of piperazine rings is 1. The topological polar surface area (TPSA) is 91.5 Å². The van der Waals surface area contributed by atoms with Crippen molar-refractivity contribution in [1.29, 1.82) is 0 Å². The summed E-state index contributed by atoms with van der Waals surface area (Å²) >= 11 is 0. The van der Waals surface area contributed by atoms with Gasteiger partial charge in [0.15, 0.2) is 5.96 Å². The molecule has 1 aromatic carbocycles. The lowest BCUT2D eigenvalue weighted by Crippen LogP contribution is -2.53. The molecular weight excluding hydrogens is 509 g/mol. The van der Waals surface area contributed by atoms with Gasteiger partial charge in [-0.2, -0.15) is 0 Å². The highest BCUT2D eigenvalue weighted by Crippen LogP contribution is 2.12. The largest absolute Gasteiger partial charge is 0.444 e. The first-order chi connectivity index (χ1) is 14.1. The summed E-state index contributed by atoms with van der Waals surface area (Å²) in [7, 11) is 0. The molecule has 0 spiro atoms. The number of amides is 2. The van der Waals surface area contributed by atoms with E-state index >= 15 is 0 Å². The van der Waals surface area contributed by atoms with E-state index in [1.54, 1.807) is 9.80 Å². The van der Waals surface area contributed by atoms with Gasteiger partial charge < -0.3 is 25.2 Å². The third kappa shape index (κ3) is 8.19. The second kappa shape index (κ2) is 12.1. The zero-order valence-corrected chi connectivity index (χ0v) is 21.6. The maximum atomic E-state index is 12.4. The molecule has 2 amide bonds. The fourth-order valence-corrected chi connectivity index (χ4v) is 3.16. The van der Waals surface area contributed by atoms with Crippen LogP contribution >= 0.6 is 24.0 Å². The van der Waals surface area contributed by atoms with Crippen LogP contribution in [0, 0.1) is 0 Å². The molecule has 1 aliphatic heterocycles. The predicted octanol–water partition coefficient (Wildman–Crippen LogP) is 3.15. The van der Waals surface area contributed by atoms with E-state index in [-0.39, 0.29) is 36.0 Å². The van der Waals surface area contributed by atoms with Gasteiger partial charge >= 0.3 is 6.09 Å². The van der Waals surface area contributed by atoms with Crippen molar-refractivity contribution in [2.24, 2.45) is 10.7 Å². The van der Waals surface area contributed by atoms with Crippen LogP contribution in [0.1, 0.15) is 50.5 Å². The van der Waals surface area contributed by atoms with Crippen molar-refractivity contribution < 1.29 is 14.3 Å². The number of hydrogen-bond acceptors (Lipinski definition) is 4. The minimum absolute atomic E-state index is 0. The summed E-state index contributed by atoms with van der Waals surface area (Å²) in [6.07, 6.45) is -0.294. The van der Waals surface area contributed by atoms with E-state index in [9.17, 15) is 9.59 Å². The number of hydrogen-bond donors (Lipinski definition) is 1. The lowest BCUT2D eigenvalue weighted by atomic mass is 10.1. The van der Waals surface area contributed by atoms with Crippen LogP contribution in [0.25, 0.3) is 0 Å². The summed E-state index contributed by atoms with van der Waals surface area (Å²) in [4.78, 5) is 34.5. The average Bonchev–Trinajstić information content (AvgIpc) is 2.72. The van der Waals surface area contributed by atoms with Crippen LogP contribution in [0.2, 0.25) is 0 Å². The minimum Gasteiger partial charge on any atom is -0.444 e. The minimum atomic E-state index is -0.500. The fraction of sp³-hybridized carbons (Fsp3) is 0.591. The molecule has 2 N–H and O–H groups in total. The Kier molecular flexibility index (Phi) is 10.5. The molecule has 0 aliphatic carbocycles. The zero-order valence-electron chi connectivity index (χ0n) is 19.3. The van der Waals surface area contributed by atoms with Crippen LogP contribution in [0.3, 0.4) is 0 Å². The molecular formula is C22H36IN5O3.